The third kappa shape index (κ3) is 4.00. The van der Waals surface area contributed by atoms with Crippen molar-refractivity contribution in [3.8, 4) is 0 Å². The lowest BCUT2D eigenvalue weighted by molar-refractivity contribution is 0.0427. The van der Waals surface area contributed by atoms with Gasteiger partial charge in [0, 0.05) is 18.4 Å². The van der Waals surface area contributed by atoms with Gasteiger partial charge in [0.05, 0.1) is 5.60 Å². The Morgan fingerprint density at radius 2 is 2.23 bits per heavy atom. The number of rotatable bonds is 6. The number of hydrogen-bond donors (Lipinski definition) is 2. The van der Waals surface area contributed by atoms with Crippen LogP contribution in [-0.4, -0.2) is 42.7 Å². The van der Waals surface area contributed by atoms with Crippen LogP contribution >= 0.6 is 0 Å². The molecule has 0 aromatic carbocycles. The van der Waals surface area contributed by atoms with Crippen LogP contribution in [0.15, 0.2) is 12.3 Å². The zero-order chi connectivity index (χ0) is 16.3. The summed E-state index contributed by atoms with van der Waals surface area (Å²) in [6.07, 6.45) is 3.15. The summed E-state index contributed by atoms with van der Waals surface area (Å²) in [5.74, 6) is 0.546. The monoisotopic (exact) mass is 305 g/mol. The lowest BCUT2D eigenvalue weighted by atomic mass is 9.95. The fraction of sp³-hybridized carbons (Fsp3) is 0.600. The molecule has 7 nitrogen and oxygen atoms in total. The number of aryl methyl sites for hydroxylation is 1. The van der Waals surface area contributed by atoms with E-state index in [0.29, 0.717) is 18.1 Å². The average Bonchev–Trinajstić information content (AvgIpc) is 2.88. The molecule has 2 aromatic rings. The van der Waals surface area contributed by atoms with Crippen LogP contribution in [0.3, 0.4) is 0 Å². The molecule has 0 fully saturated rings. The van der Waals surface area contributed by atoms with E-state index in [2.05, 4.69) is 34.2 Å². The molecule has 1 unspecified atom stereocenters. The fourth-order valence-electron chi connectivity index (χ4n) is 2.04. The number of amides is 1. The van der Waals surface area contributed by atoms with E-state index in [0.717, 1.165) is 12.1 Å². The summed E-state index contributed by atoms with van der Waals surface area (Å²) >= 11 is 0. The molecule has 0 radical (unpaired) electrons. The normalized spacial score (nSPS) is 14.3. The highest BCUT2D eigenvalue weighted by Gasteiger charge is 2.23. The lowest BCUT2D eigenvalue weighted by Crippen LogP contribution is -2.41. The van der Waals surface area contributed by atoms with Crippen LogP contribution in [0.5, 0.6) is 0 Å². The van der Waals surface area contributed by atoms with Crippen LogP contribution in [0.25, 0.3) is 5.78 Å². The smallest absolute Gasteiger partial charge is 0.291 e. The Bertz CT molecular complexity index is 663. The summed E-state index contributed by atoms with van der Waals surface area (Å²) in [7, 11) is 0. The number of nitrogens with one attached hydrogen (secondary N) is 1. The quantitative estimate of drug-likeness (QED) is 0.840. The van der Waals surface area contributed by atoms with Crippen LogP contribution in [0.1, 0.15) is 49.9 Å². The first-order valence-corrected chi connectivity index (χ1v) is 7.47. The summed E-state index contributed by atoms with van der Waals surface area (Å²) in [5.41, 5.74) is -0.0896. The molecule has 0 saturated carbocycles. The van der Waals surface area contributed by atoms with Gasteiger partial charge < -0.3 is 10.4 Å². The third-order valence-electron chi connectivity index (χ3n) is 3.52. The van der Waals surface area contributed by atoms with Gasteiger partial charge in [-0.1, -0.05) is 13.8 Å². The Morgan fingerprint density at radius 1 is 1.50 bits per heavy atom. The molecule has 1 atom stereocenters. The molecule has 0 spiro atoms. The van der Waals surface area contributed by atoms with Gasteiger partial charge in [-0.25, -0.2) is 9.50 Å². The highest BCUT2D eigenvalue weighted by atomic mass is 16.3. The molecular weight excluding hydrogens is 282 g/mol. The molecule has 0 aliphatic rings. The summed E-state index contributed by atoms with van der Waals surface area (Å²) in [4.78, 5) is 20.3. The van der Waals surface area contributed by atoms with Gasteiger partial charge >= 0.3 is 0 Å². The molecule has 2 aromatic heterocycles. The highest BCUT2D eigenvalue weighted by Crippen LogP contribution is 2.15. The SMILES string of the molecule is Cc1ccnc2nc(C(=O)NCC(C)(O)CCC(C)C)nn12. The molecule has 120 valence electrons. The minimum Gasteiger partial charge on any atom is -0.388 e. The first kappa shape index (κ1) is 16.4. The van der Waals surface area contributed by atoms with E-state index in [4.69, 9.17) is 0 Å². The molecule has 2 rings (SSSR count). The number of nitrogens with zero attached hydrogens (tertiary/aromatic N) is 4. The number of carbonyl (C=O) groups is 1. The fourth-order valence-corrected chi connectivity index (χ4v) is 2.04. The predicted molar refractivity (Wildman–Crippen MR) is 82.5 cm³/mol. The van der Waals surface area contributed by atoms with Crippen molar-refractivity contribution in [1.82, 2.24) is 24.9 Å². The summed E-state index contributed by atoms with van der Waals surface area (Å²) in [6, 6.07) is 1.79. The molecule has 22 heavy (non-hydrogen) atoms. The zero-order valence-corrected chi connectivity index (χ0v) is 13.5. The minimum atomic E-state index is -0.937. The standard InChI is InChI=1S/C15H23N5O2/c1-10(2)5-7-15(4,22)9-17-13(21)12-18-14-16-8-6-11(3)20(14)19-12/h6,8,10,22H,5,7,9H2,1-4H3,(H,17,21). The maximum Gasteiger partial charge on any atom is 0.291 e. The molecule has 0 aliphatic heterocycles. The predicted octanol–water partition coefficient (Wildman–Crippen LogP) is 1.35. The lowest BCUT2D eigenvalue weighted by Gasteiger charge is -2.24. The van der Waals surface area contributed by atoms with Crippen LogP contribution in [0.4, 0.5) is 0 Å². The maximum absolute atomic E-state index is 12.1. The Labute approximate surface area is 129 Å². The Hall–Kier alpha value is -2.02. The van der Waals surface area contributed by atoms with E-state index in [1.54, 1.807) is 19.2 Å². The van der Waals surface area contributed by atoms with Crippen molar-refractivity contribution in [2.24, 2.45) is 5.92 Å². The Balaban J connectivity index is 2.00. The molecule has 0 aliphatic carbocycles. The van der Waals surface area contributed by atoms with E-state index < -0.39 is 11.5 Å². The number of aromatic nitrogens is 4. The molecule has 0 saturated heterocycles. The zero-order valence-electron chi connectivity index (χ0n) is 13.5. The maximum atomic E-state index is 12.1. The van der Waals surface area contributed by atoms with Crippen molar-refractivity contribution < 1.29 is 9.90 Å². The van der Waals surface area contributed by atoms with Gasteiger partial charge in [0.25, 0.3) is 11.7 Å². The van der Waals surface area contributed by atoms with Crippen molar-refractivity contribution in [2.75, 3.05) is 6.54 Å². The summed E-state index contributed by atoms with van der Waals surface area (Å²) < 4.78 is 1.52. The van der Waals surface area contributed by atoms with Crippen LogP contribution in [0, 0.1) is 12.8 Å². The van der Waals surface area contributed by atoms with Gasteiger partial charge in [0.2, 0.25) is 5.82 Å². The molecular formula is C15H23N5O2. The second-order valence-corrected chi connectivity index (χ2v) is 6.35. The Morgan fingerprint density at radius 3 is 2.86 bits per heavy atom. The third-order valence-corrected chi connectivity index (χ3v) is 3.52. The van der Waals surface area contributed by atoms with Crippen molar-refractivity contribution in [3.05, 3.63) is 23.8 Å². The van der Waals surface area contributed by atoms with Crippen molar-refractivity contribution in [1.29, 1.82) is 0 Å². The first-order valence-electron chi connectivity index (χ1n) is 7.47. The summed E-state index contributed by atoms with van der Waals surface area (Å²) in [6.45, 7) is 7.95. The van der Waals surface area contributed by atoms with Gasteiger partial charge in [-0.2, -0.15) is 4.98 Å². The van der Waals surface area contributed by atoms with E-state index in [-0.39, 0.29) is 12.4 Å². The number of fused-ring (bicyclic) bond motifs is 1. The topological polar surface area (TPSA) is 92.4 Å². The molecule has 7 heteroatoms. The van der Waals surface area contributed by atoms with E-state index in [9.17, 15) is 9.90 Å². The van der Waals surface area contributed by atoms with Crippen molar-refractivity contribution >= 4 is 11.7 Å². The van der Waals surface area contributed by atoms with Gasteiger partial charge in [-0.15, -0.1) is 5.10 Å². The van der Waals surface area contributed by atoms with Crippen LogP contribution < -0.4 is 5.32 Å². The second-order valence-electron chi connectivity index (χ2n) is 6.35. The van der Waals surface area contributed by atoms with Crippen LogP contribution in [0.2, 0.25) is 0 Å². The minimum absolute atomic E-state index is 0.0569. The first-order chi connectivity index (χ1) is 10.3. The van der Waals surface area contributed by atoms with E-state index in [1.807, 2.05) is 6.92 Å². The van der Waals surface area contributed by atoms with E-state index >= 15 is 0 Å². The van der Waals surface area contributed by atoms with Gasteiger partial charge in [0.1, 0.15) is 0 Å². The average molecular weight is 305 g/mol. The van der Waals surface area contributed by atoms with Crippen LogP contribution in [-0.2, 0) is 0 Å². The molecule has 0 bridgehead atoms. The summed E-state index contributed by atoms with van der Waals surface area (Å²) in [5, 5.41) is 17.1. The molecule has 2 N–H and O–H groups in total. The van der Waals surface area contributed by atoms with Gasteiger partial charge in [-0.3, -0.25) is 4.79 Å². The molecule has 1 amide bonds. The second kappa shape index (κ2) is 6.39. The van der Waals surface area contributed by atoms with Gasteiger partial charge in [0.15, 0.2) is 0 Å². The van der Waals surface area contributed by atoms with E-state index in [1.165, 1.54) is 4.52 Å². The van der Waals surface area contributed by atoms with Crippen molar-refractivity contribution in [3.63, 3.8) is 0 Å². The number of aliphatic hydroxyl groups is 1. The molecule has 2 heterocycles. The van der Waals surface area contributed by atoms with Gasteiger partial charge in [-0.05, 0) is 38.7 Å². The largest absolute Gasteiger partial charge is 0.388 e. The number of hydrogen-bond acceptors (Lipinski definition) is 5. The highest BCUT2D eigenvalue weighted by molar-refractivity contribution is 5.90. The number of carbonyl (C=O) groups excluding carboxylic acids is 1. The van der Waals surface area contributed by atoms with Crippen molar-refractivity contribution in [2.45, 2.75) is 46.1 Å². The Kier molecular flexibility index (Phi) is 4.75.